The Hall–Kier alpha value is -2.07. The van der Waals surface area contributed by atoms with Crippen LogP contribution in [0.4, 0.5) is 5.69 Å². The molecule has 0 saturated carbocycles. The van der Waals surface area contributed by atoms with Crippen LogP contribution in [0.3, 0.4) is 0 Å². The summed E-state index contributed by atoms with van der Waals surface area (Å²) in [7, 11) is 2.84. The first-order valence-corrected chi connectivity index (χ1v) is 6.26. The molecule has 0 amide bonds. The third kappa shape index (κ3) is 3.45. The molecule has 0 radical (unpaired) electrons. The average molecular weight is 327 g/mol. The normalized spacial score (nSPS) is 10.7. The van der Waals surface area contributed by atoms with Gasteiger partial charge in [0.25, 0.3) is 5.69 Å². The largest absolute Gasteiger partial charge is 0.493 e. The van der Waals surface area contributed by atoms with Gasteiger partial charge in [0.1, 0.15) is 0 Å². The van der Waals surface area contributed by atoms with E-state index in [2.05, 4.69) is 15.9 Å². The van der Waals surface area contributed by atoms with Crippen LogP contribution >= 0.6 is 15.9 Å². The monoisotopic (exact) mass is 326 g/mol. The number of benzene rings is 1. The number of hydrogen-bond donors (Lipinski definition) is 0. The number of rotatable bonds is 5. The number of ether oxygens (including phenoxy) is 2. The molecule has 1 rings (SSSR count). The first kappa shape index (κ1) is 15.0. The molecule has 0 bridgehead atoms. The highest BCUT2D eigenvalue weighted by atomic mass is 79.9. The molecule has 19 heavy (non-hydrogen) atoms. The Balaban J connectivity index is 3.49. The lowest BCUT2D eigenvalue weighted by molar-refractivity contribution is -0.385. The minimum Gasteiger partial charge on any atom is -0.493 e. The van der Waals surface area contributed by atoms with E-state index >= 15 is 0 Å². The van der Waals surface area contributed by atoms with Crippen LogP contribution in [0.15, 0.2) is 17.7 Å². The Morgan fingerprint density at radius 2 is 2.05 bits per heavy atom. The van der Waals surface area contributed by atoms with Gasteiger partial charge in [-0.25, -0.2) is 0 Å². The second-order valence-corrected chi connectivity index (χ2v) is 4.00. The van der Waals surface area contributed by atoms with Gasteiger partial charge in [-0.1, -0.05) is 15.9 Å². The fraction of sp³-hybridized carbons (Fsp3) is 0.250. The first-order valence-electron chi connectivity index (χ1n) is 5.14. The lowest BCUT2D eigenvalue weighted by Crippen LogP contribution is -1.97. The van der Waals surface area contributed by atoms with Crippen LogP contribution in [-0.4, -0.2) is 24.5 Å². The molecule has 0 aromatic heterocycles. The third-order valence-corrected chi connectivity index (χ3v) is 2.95. The van der Waals surface area contributed by atoms with Crippen molar-refractivity contribution in [2.24, 2.45) is 0 Å². The molecular formula is C12H11BrN2O4. The van der Waals surface area contributed by atoms with Crippen molar-refractivity contribution in [3.05, 3.63) is 33.4 Å². The summed E-state index contributed by atoms with van der Waals surface area (Å²) in [6, 6.07) is 4.69. The molecule has 0 aliphatic carbocycles. The Bertz CT molecular complexity index is 564. The minimum absolute atomic E-state index is 0.147. The Morgan fingerprint density at radius 3 is 2.47 bits per heavy atom. The van der Waals surface area contributed by atoms with Crippen LogP contribution < -0.4 is 9.47 Å². The second-order valence-electron chi connectivity index (χ2n) is 3.44. The van der Waals surface area contributed by atoms with Crippen molar-refractivity contribution < 1.29 is 14.4 Å². The quantitative estimate of drug-likeness (QED) is 0.359. The van der Waals surface area contributed by atoms with Gasteiger partial charge in [-0.2, -0.15) is 5.26 Å². The Labute approximate surface area is 118 Å². The van der Waals surface area contributed by atoms with Gasteiger partial charge in [-0.3, -0.25) is 10.1 Å². The van der Waals surface area contributed by atoms with Crippen molar-refractivity contribution >= 4 is 27.7 Å². The van der Waals surface area contributed by atoms with Crippen molar-refractivity contribution in [2.45, 2.75) is 0 Å². The first-order chi connectivity index (χ1) is 9.07. The fourth-order valence-corrected chi connectivity index (χ4v) is 1.73. The summed E-state index contributed by atoms with van der Waals surface area (Å²) in [5, 5.41) is 20.2. The summed E-state index contributed by atoms with van der Waals surface area (Å²) in [5.41, 5.74) is 0.514. The Morgan fingerprint density at radius 1 is 1.47 bits per heavy atom. The van der Waals surface area contributed by atoms with Gasteiger partial charge < -0.3 is 9.47 Å². The predicted molar refractivity (Wildman–Crippen MR) is 73.6 cm³/mol. The number of hydrogen-bond acceptors (Lipinski definition) is 5. The van der Waals surface area contributed by atoms with Crippen LogP contribution in [0.5, 0.6) is 11.5 Å². The van der Waals surface area contributed by atoms with Crippen LogP contribution in [-0.2, 0) is 0 Å². The van der Waals surface area contributed by atoms with Crippen molar-refractivity contribution in [1.82, 2.24) is 0 Å². The second kappa shape index (κ2) is 6.75. The highest BCUT2D eigenvalue weighted by molar-refractivity contribution is 9.09. The highest BCUT2D eigenvalue weighted by Crippen LogP contribution is 2.35. The zero-order valence-electron chi connectivity index (χ0n) is 10.3. The van der Waals surface area contributed by atoms with Gasteiger partial charge >= 0.3 is 0 Å². The number of methoxy groups -OCH3 is 2. The van der Waals surface area contributed by atoms with E-state index in [0.29, 0.717) is 22.2 Å². The minimum atomic E-state index is -0.531. The molecule has 1 aromatic rings. The van der Waals surface area contributed by atoms with Gasteiger partial charge in [0.2, 0.25) is 0 Å². The molecule has 1 aromatic carbocycles. The SMILES string of the molecule is COc1cc(/C=C(/C#N)CBr)c([N+](=O)[O-])cc1OC. The molecule has 6 nitrogen and oxygen atoms in total. The van der Waals surface area contributed by atoms with E-state index in [1.54, 1.807) is 0 Å². The molecule has 0 aliphatic heterocycles. The van der Waals surface area contributed by atoms with Crippen molar-refractivity contribution in [3.63, 3.8) is 0 Å². The fourth-order valence-electron chi connectivity index (χ4n) is 1.45. The predicted octanol–water partition coefficient (Wildman–Crippen LogP) is 2.91. The van der Waals surface area contributed by atoms with Crippen molar-refractivity contribution in [1.29, 1.82) is 5.26 Å². The highest BCUT2D eigenvalue weighted by Gasteiger charge is 2.18. The van der Waals surface area contributed by atoms with E-state index in [1.807, 2.05) is 6.07 Å². The average Bonchev–Trinajstić information content (AvgIpc) is 2.43. The molecule has 0 spiro atoms. The van der Waals surface area contributed by atoms with Crippen LogP contribution in [0.25, 0.3) is 6.08 Å². The zero-order chi connectivity index (χ0) is 14.4. The van der Waals surface area contributed by atoms with E-state index in [-0.39, 0.29) is 11.4 Å². The molecule has 0 atom stereocenters. The van der Waals surface area contributed by atoms with E-state index in [4.69, 9.17) is 14.7 Å². The molecule has 7 heteroatoms. The molecule has 0 heterocycles. The number of nitriles is 1. The number of allylic oxidation sites excluding steroid dienone is 1. The molecule has 0 fully saturated rings. The summed E-state index contributed by atoms with van der Waals surface area (Å²) >= 11 is 3.14. The van der Waals surface area contributed by atoms with Crippen molar-refractivity contribution in [3.8, 4) is 17.6 Å². The van der Waals surface area contributed by atoms with E-state index < -0.39 is 4.92 Å². The maximum absolute atomic E-state index is 11.0. The van der Waals surface area contributed by atoms with Crippen LogP contribution in [0, 0.1) is 21.4 Å². The molecule has 100 valence electrons. The maximum atomic E-state index is 11.0. The Kier molecular flexibility index (Phi) is 5.33. The molecular weight excluding hydrogens is 316 g/mol. The summed E-state index contributed by atoms with van der Waals surface area (Å²) in [6.45, 7) is 0. The van der Waals surface area contributed by atoms with Gasteiger partial charge in [-0.15, -0.1) is 0 Å². The molecule has 0 unspecified atom stereocenters. The maximum Gasteiger partial charge on any atom is 0.280 e. The molecule has 0 N–H and O–H groups in total. The topological polar surface area (TPSA) is 85.4 Å². The number of halogens is 1. The number of nitro groups is 1. The lowest BCUT2D eigenvalue weighted by atomic mass is 10.1. The number of nitrogens with zero attached hydrogens (tertiary/aromatic N) is 2. The van der Waals surface area contributed by atoms with Gasteiger partial charge in [0.05, 0.1) is 36.8 Å². The van der Waals surface area contributed by atoms with Crippen molar-refractivity contribution in [2.75, 3.05) is 19.5 Å². The zero-order valence-corrected chi connectivity index (χ0v) is 11.9. The van der Waals surface area contributed by atoms with Crippen LogP contribution in [0.2, 0.25) is 0 Å². The summed E-state index contributed by atoms with van der Waals surface area (Å²) in [4.78, 5) is 10.5. The molecule has 0 aliphatic rings. The van der Waals surface area contributed by atoms with Gasteiger partial charge in [0, 0.05) is 10.9 Å². The standard InChI is InChI=1S/C12H11BrN2O4/c1-18-11-4-9(3-8(6-13)7-14)10(15(16)17)5-12(11)19-2/h3-5H,6H2,1-2H3/b8-3+. The van der Waals surface area contributed by atoms with Gasteiger partial charge in [-0.05, 0) is 12.1 Å². The number of nitro benzene ring substituents is 1. The smallest absolute Gasteiger partial charge is 0.280 e. The number of alkyl halides is 1. The third-order valence-electron chi connectivity index (χ3n) is 2.35. The lowest BCUT2D eigenvalue weighted by Gasteiger charge is -2.08. The van der Waals surface area contributed by atoms with E-state index in [1.165, 1.54) is 32.4 Å². The van der Waals surface area contributed by atoms with E-state index in [9.17, 15) is 10.1 Å². The summed E-state index contributed by atoms with van der Waals surface area (Å²) in [5.74, 6) is 0.634. The summed E-state index contributed by atoms with van der Waals surface area (Å²) < 4.78 is 10.1. The molecule has 0 saturated heterocycles. The van der Waals surface area contributed by atoms with E-state index in [0.717, 1.165) is 0 Å². The van der Waals surface area contributed by atoms with Gasteiger partial charge in [0.15, 0.2) is 11.5 Å². The van der Waals surface area contributed by atoms with Crippen LogP contribution in [0.1, 0.15) is 5.56 Å². The summed E-state index contributed by atoms with van der Waals surface area (Å²) in [6.07, 6.45) is 1.44.